The molecule has 1 atom stereocenters. The number of pyridine rings is 1. The molecule has 1 saturated heterocycles. The maximum atomic E-state index is 12.7. The van der Waals surface area contributed by atoms with Crippen LogP contribution in [0.1, 0.15) is 5.69 Å². The number of anilines is 1. The van der Waals surface area contributed by atoms with Gasteiger partial charge in [-0.05, 0) is 24.3 Å². The average Bonchev–Trinajstić information content (AvgIpc) is 3.42. The Balaban J connectivity index is 1.37. The molecule has 2 aromatic heterocycles. The summed E-state index contributed by atoms with van der Waals surface area (Å²) in [5.41, 5.74) is 1.69. The summed E-state index contributed by atoms with van der Waals surface area (Å²) in [5, 5.41) is 12.1. The van der Waals surface area contributed by atoms with E-state index in [0.29, 0.717) is 16.2 Å². The number of rotatable bonds is 6. The molecular weight excluding hydrogens is 466 g/mol. The van der Waals surface area contributed by atoms with Crippen molar-refractivity contribution in [3.05, 3.63) is 48.3 Å². The number of phenols is 1. The largest absolute Gasteiger partial charge is 0.508 e. The minimum Gasteiger partial charge on any atom is -0.508 e. The molecule has 0 saturated carbocycles. The summed E-state index contributed by atoms with van der Waals surface area (Å²) in [4.78, 5) is 14.5. The van der Waals surface area contributed by atoms with Crippen LogP contribution in [-0.4, -0.2) is 76.4 Å². The SMILES string of the molecule is O=S(=O)(Nc1cc(O)cc2cc(C3=NCC(CN4CCSCC4)S3)[nH]c12)c1ccccn1. The summed E-state index contributed by atoms with van der Waals surface area (Å²) in [5.74, 6) is 2.35. The average molecular weight is 490 g/mol. The number of nitrogens with zero attached hydrogens (tertiary/aromatic N) is 3. The number of thioether (sulfide) groups is 2. The normalized spacial score (nSPS) is 19.9. The Kier molecular flexibility index (Phi) is 6.06. The number of H-pyrrole nitrogens is 1. The Morgan fingerprint density at radius 3 is 2.84 bits per heavy atom. The molecule has 0 amide bonds. The van der Waals surface area contributed by atoms with Gasteiger partial charge in [0.15, 0.2) is 5.03 Å². The van der Waals surface area contributed by atoms with E-state index in [1.54, 1.807) is 30.0 Å². The van der Waals surface area contributed by atoms with Crippen LogP contribution in [-0.2, 0) is 10.0 Å². The van der Waals surface area contributed by atoms with Crippen molar-refractivity contribution in [3.8, 4) is 5.75 Å². The smallest absolute Gasteiger partial charge is 0.279 e. The quantitative estimate of drug-likeness (QED) is 0.488. The predicted octanol–water partition coefficient (Wildman–Crippen LogP) is 2.98. The van der Waals surface area contributed by atoms with Crippen LogP contribution in [0.2, 0.25) is 0 Å². The predicted molar refractivity (Wildman–Crippen MR) is 132 cm³/mol. The fourth-order valence-corrected chi connectivity index (χ4v) is 6.99. The lowest BCUT2D eigenvalue weighted by Crippen LogP contribution is -2.37. The van der Waals surface area contributed by atoms with Gasteiger partial charge in [-0.3, -0.25) is 9.71 Å². The zero-order chi connectivity index (χ0) is 22.1. The first-order chi connectivity index (χ1) is 15.5. The highest BCUT2D eigenvalue weighted by molar-refractivity contribution is 8.15. The maximum Gasteiger partial charge on any atom is 0.279 e. The van der Waals surface area contributed by atoms with Crippen LogP contribution in [0.3, 0.4) is 0 Å². The number of nitrogens with one attached hydrogen (secondary N) is 2. The van der Waals surface area contributed by atoms with Gasteiger partial charge in [-0.25, -0.2) is 4.98 Å². The van der Waals surface area contributed by atoms with E-state index in [9.17, 15) is 13.5 Å². The van der Waals surface area contributed by atoms with Gasteiger partial charge in [0.05, 0.1) is 23.4 Å². The molecule has 2 aliphatic rings. The zero-order valence-corrected chi connectivity index (χ0v) is 19.6. The molecule has 0 bridgehead atoms. The van der Waals surface area contributed by atoms with Gasteiger partial charge >= 0.3 is 0 Å². The number of hydrogen-bond acceptors (Lipinski definition) is 8. The molecule has 4 heterocycles. The van der Waals surface area contributed by atoms with E-state index in [4.69, 9.17) is 4.99 Å². The van der Waals surface area contributed by atoms with E-state index in [1.807, 2.05) is 17.8 Å². The number of phenolic OH excluding ortho intramolecular Hbond substituents is 1. The molecule has 1 unspecified atom stereocenters. The van der Waals surface area contributed by atoms with E-state index in [-0.39, 0.29) is 16.5 Å². The molecule has 0 aliphatic carbocycles. The number of aromatic hydroxyl groups is 1. The molecule has 5 rings (SSSR count). The van der Waals surface area contributed by atoms with Crippen molar-refractivity contribution >= 4 is 55.2 Å². The van der Waals surface area contributed by atoms with Crippen molar-refractivity contribution < 1.29 is 13.5 Å². The monoisotopic (exact) mass is 489 g/mol. The second-order valence-corrected chi connectivity index (χ2v) is 11.9. The molecule has 8 nitrogen and oxygen atoms in total. The van der Waals surface area contributed by atoms with E-state index in [1.165, 1.54) is 29.8 Å². The van der Waals surface area contributed by atoms with Gasteiger partial charge in [-0.1, -0.05) is 17.8 Å². The minimum atomic E-state index is -3.89. The van der Waals surface area contributed by atoms with E-state index in [0.717, 1.165) is 36.9 Å². The van der Waals surface area contributed by atoms with Gasteiger partial charge < -0.3 is 15.0 Å². The Morgan fingerprint density at radius 1 is 1.22 bits per heavy atom. The van der Waals surface area contributed by atoms with Crippen LogP contribution in [0.15, 0.2) is 52.6 Å². The molecule has 1 aromatic carbocycles. The molecule has 32 heavy (non-hydrogen) atoms. The summed E-state index contributed by atoms with van der Waals surface area (Å²) in [6.07, 6.45) is 1.42. The number of fused-ring (bicyclic) bond motifs is 1. The van der Waals surface area contributed by atoms with Gasteiger partial charge in [0.2, 0.25) is 0 Å². The number of benzene rings is 1. The Bertz CT molecular complexity index is 1250. The first-order valence-corrected chi connectivity index (χ1v) is 13.8. The standard InChI is InChI=1S/C21H23N5O3S3/c27-15-9-14-10-18(21-23-12-16(31-21)13-26-5-7-30-8-6-26)24-20(14)17(11-15)25-32(28,29)19-3-1-2-4-22-19/h1-4,9-11,16,24-25,27H,5-8,12-13H2. The lowest BCUT2D eigenvalue weighted by atomic mass is 10.2. The van der Waals surface area contributed by atoms with Crippen molar-refractivity contribution in [3.63, 3.8) is 0 Å². The second-order valence-electron chi connectivity index (χ2n) is 7.71. The fourth-order valence-electron chi connectivity index (χ4n) is 3.86. The van der Waals surface area contributed by atoms with Crippen molar-refractivity contribution in [2.45, 2.75) is 10.3 Å². The topological polar surface area (TPSA) is 111 Å². The highest BCUT2D eigenvalue weighted by atomic mass is 32.2. The van der Waals surface area contributed by atoms with Crippen molar-refractivity contribution in [1.29, 1.82) is 0 Å². The van der Waals surface area contributed by atoms with Crippen molar-refractivity contribution in [2.24, 2.45) is 4.99 Å². The first-order valence-electron chi connectivity index (χ1n) is 10.3. The summed E-state index contributed by atoms with van der Waals surface area (Å²) < 4.78 is 28.0. The van der Waals surface area contributed by atoms with Crippen LogP contribution in [0.5, 0.6) is 5.75 Å². The number of sulfonamides is 1. The van der Waals surface area contributed by atoms with Crippen LogP contribution in [0.25, 0.3) is 10.9 Å². The maximum absolute atomic E-state index is 12.7. The van der Waals surface area contributed by atoms with Gasteiger partial charge in [0.25, 0.3) is 10.0 Å². The lowest BCUT2D eigenvalue weighted by Gasteiger charge is -2.28. The molecule has 2 aliphatic heterocycles. The zero-order valence-electron chi connectivity index (χ0n) is 17.2. The Morgan fingerprint density at radius 2 is 2.06 bits per heavy atom. The molecule has 1 fully saturated rings. The highest BCUT2D eigenvalue weighted by Gasteiger charge is 2.26. The van der Waals surface area contributed by atoms with Gasteiger partial charge in [-0.15, -0.1) is 0 Å². The molecule has 3 N–H and O–H groups in total. The molecule has 168 valence electrons. The van der Waals surface area contributed by atoms with Crippen molar-refractivity contribution in [1.82, 2.24) is 14.9 Å². The van der Waals surface area contributed by atoms with E-state index >= 15 is 0 Å². The van der Waals surface area contributed by atoms with Gasteiger partial charge in [0.1, 0.15) is 10.8 Å². The Hall–Kier alpha value is -2.21. The number of aliphatic imine (C=N–C) groups is 1. The summed E-state index contributed by atoms with van der Waals surface area (Å²) >= 11 is 3.76. The lowest BCUT2D eigenvalue weighted by molar-refractivity contribution is 0.305. The van der Waals surface area contributed by atoms with Gasteiger partial charge in [-0.2, -0.15) is 20.2 Å². The molecular formula is C21H23N5O3S3. The molecule has 0 radical (unpaired) electrons. The number of aromatic amines is 1. The third-order valence-corrected chi connectivity index (χ3v) is 8.81. The van der Waals surface area contributed by atoms with Crippen LogP contribution >= 0.6 is 23.5 Å². The third-order valence-electron chi connectivity index (χ3n) is 5.38. The minimum absolute atomic E-state index is 0.0244. The van der Waals surface area contributed by atoms with Crippen LogP contribution in [0, 0.1) is 0 Å². The number of aromatic nitrogens is 2. The first kappa shape index (κ1) is 21.6. The Labute approximate surface area is 195 Å². The summed E-state index contributed by atoms with van der Waals surface area (Å²) in [6.45, 7) is 4.04. The molecule has 11 heteroatoms. The van der Waals surface area contributed by atoms with E-state index in [2.05, 4.69) is 19.6 Å². The van der Waals surface area contributed by atoms with Gasteiger partial charge in [0, 0.05) is 54.0 Å². The summed E-state index contributed by atoms with van der Waals surface area (Å²) in [6, 6.07) is 9.59. The van der Waals surface area contributed by atoms with E-state index < -0.39 is 10.0 Å². The van der Waals surface area contributed by atoms with Crippen molar-refractivity contribution in [2.75, 3.05) is 42.4 Å². The highest BCUT2D eigenvalue weighted by Crippen LogP contribution is 2.34. The second kappa shape index (κ2) is 8.97. The number of hydrogen-bond donors (Lipinski definition) is 3. The molecule has 3 aromatic rings. The van der Waals surface area contributed by atoms with Crippen LogP contribution < -0.4 is 4.72 Å². The summed E-state index contributed by atoms with van der Waals surface area (Å²) in [7, 11) is -3.89. The fraction of sp³-hybridized carbons (Fsp3) is 0.333. The third kappa shape index (κ3) is 4.61. The van der Waals surface area contributed by atoms with Crippen LogP contribution in [0.4, 0.5) is 5.69 Å². The molecule has 0 spiro atoms.